The number of hydrogen-bond acceptors (Lipinski definition) is 3. The highest BCUT2D eigenvalue weighted by Crippen LogP contribution is 2.02. The van der Waals surface area contributed by atoms with E-state index in [0.29, 0.717) is 19.4 Å². The van der Waals surface area contributed by atoms with E-state index >= 15 is 0 Å². The minimum atomic E-state index is -1.03. The molecule has 4 nitrogen and oxygen atoms in total. The van der Waals surface area contributed by atoms with Crippen molar-refractivity contribution in [3.05, 3.63) is 0 Å². The van der Waals surface area contributed by atoms with Gasteiger partial charge in [0.15, 0.2) is 5.78 Å². The summed E-state index contributed by atoms with van der Waals surface area (Å²) in [5.74, 6) is -0.887. The van der Waals surface area contributed by atoms with Gasteiger partial charge in [0.2, 0.25) is 5.91 Å². The molecular formula is C9H17FN2O2. The van der Waals surface area contributed by atoms with Crippen molar-refractivity contribution in [2.45, 2.75) is 32.2 Å². The molecule has 0 unspecified atom stereocenters. The Morgan fingerprint density at radius 1 is 1.43 bits per heavy atom. The van der Waals surface area contributed by atoms with Crippen LogP contribution in [-0.4, -0.2) is 31.0 Å². The van der Waals surface area contributed by atoms with Gasteiger partial charge in [-0.15, -0.1) is 0 Å². The van der Waals surface area contributed by atoms with E-state index in [1.807, 2.05) is 0 Å². The lowest BCUT2D eigenvalue weighted by Crippen LogP contribution is -2.40. The summed E-state index contributed by atoms with van der Waals surface area (Å²) in [5.41, 5.74) is 5.28. The van der Waals surface area contributed by atoms with Crippen LogP contribution in [0.4, 0.5) is 4.39 Å². The number of amides is 1. The second-order valence-corrected chi connectivity index (χ2v) is 3.14. The van der Waals surface area contributed by atoms with Gasteiger partial charge in [0.25, 0.3) is 0 Å². The number of rotatable bonds is 7. The zero-order valence-corrected chi connectivity index (χ0v) is 8.38. The third kappa shape index (κ3) is 5.64. The molecule has 5 heteroatoms. The van der Waals surface area contributed by atoms with Crippen LogP contribution in [-0.2, 0) is 9.59 Å². The van der Waals surface area contributed by atoms with E-state index in [0.717, 1.165) is 6.42 Å². The van der Waals surface area contributed by atoms with Gasteiger partial charge in [-0.2, -0.15) is 0 Å². The fraction of sp³-hybridized carbons (Fsp3) is 0.778. The molecule has 0 bridgehead atoms. The van der Waals surface area contributed by atoms with Gasteiger partial charge in [-0.25, -0.2) is 4.39 Å². The molecule has 14 heavy (non-hydrogen) atoms. The first-order chi connectivity index (χ1) is 6.61. The van der Waals surface area contributed by atoms with E-state index in [1.165, 1.54) is 6.92 Å². The molecule has 1 atom stereocenters. The van der Waals surface area contributed by atoms with Crippen LogP contribution < -0.4 is 11.1 Å². The number of hydrogen-bond donors (Lipinski definition) is 2. The summed E-state index contributed by atoms with van der Waals surface area (Å²) in [6.07, 6.45) is 1.95. The van der Waals surface area contributed by atoms with Crippen molar-refractivity contribution < 1.29 is 14.0 Å². The maximum Gasteiger partial charge on any atom is 0.217 e. The fourth-order valence-electron chi connectivity index (χ4n) is 1.14. The summed E-state index contributed by atoms with van der Waals surface area (Å²) in [7, 11) is 0. The number of unbranched alkanes of at least 4 members (excludes halogenated alkanes) is 1. The lowest BCUT2D eigenvalue weighted by atomic mass is 10.1. The molecule has 0 aliphatic rings. The number of halogens is 1. The minimum Gasteiger partial charge on any atom is -0.346 e. The quantitative estimate of drug-likeness (QED) is 0.580. The maximum absolute atomic E-state index is 12.1. The number of Topliss-reactive ketones (excluding diaryl/α,β-unsaturated/α-hetero) is 1. The van der Waals surface area contributed by atoms with Crippen LogP contribution in [0.2, 0.25) is 0 Å². The second-order valence-electron chi connectivity index (χ2n) is 3.14. The molecule has 0 aromatic rings. The largest absolute Gasteiger partial charge is 0.346 e. The first kappa shape index (κ1) is 13.0. The highest BCUT2D eigenvalue weighted by molar-refractivity contribution is 5.89. The van der Waals surface area contributed by atoms with Crippen molar-refractivity contribution in [2.75, 3.05) is 13.2 Å². The van der Waals surface area contributed by atoms with Crippen LogP contribution >= 0.6 is 0 Å². The molecular weight excluding hydrogens is 187 g/mol. The van der Waals surface area contributed by atoms with E-state index in [2.05, 4.69) is 5.32 Å². The lowest BCUT2D eigenvalue weighted by Gasteiger charge is -2.14. The van der Waals surface area contributed by atoms with Crippen molar-refractivity contribution >= 4 is 11.7 Å². The zero-order valence-electron chi connectivity index (χ0n) is 8.38. The molecule has 0 aromatic carbocycles. The van der Waals surface area contributed by atoms with E-state index in [1.54, 1.807) is 0 Å². The van der Waals surface area contributed by atoms with Crippen LogP contribution in [0.1, 0.15) is 26.2 Å². The van der Waals surface area contributed by atoms with E-state index in [-0.39, 0.29) is 5.91 Å². The summed E-state index contributed by atoms with van der Waals surface area (Å²) < 4.78 is 12.1. The van der Waals surface area contributed by atoms with Gasteiger partial charge < -0.3 is 11.1 Å². The Morgan fingerprint density at radius 2 is 2.07 bits per heavy atom. The van der Waals surface area contributed by atoms with Crippen molar-refractivity contribution in [3.8, 4) is 0 Å². The van der Waals surface area contributed by atoms with Gasteiger partial charge in [-0.3, -0.25) is 9.59 Å². The number of nitrogens with two attached hydrogens (primary N) is 1. The highest BCUT2D eigenvalue weighted by Gasteiger charge is 2.17. The summed E-state index contributed by atoms with van der Waals surface area (Å²) in [5, 5.41) is 2.42. The predicted octanol–water partition coefficient (Wildman–Crippen LogP) is 0.159. The third-order valence-electron chi connectivity index (χ3n) is 1.84. The Hall–Kier alpha value is -0.970. The summed E-state index contributed by atoms with van der Waals surface area (Å²) in [4.78, 5) is 21.7. The maximum atomic E-state index is 12.1. The Labute approximate surface area is 83.0 Å². The summed E-state index contributed by atoms with van der Waals surface area (Å²) >= 11 is 0. The van der Waals surface area contributed by atoms with Crippen LogP contribution in [0, 0.1) is 0 Å². The first-order valence-electron chi connectivity index (χ1n) is 4.67. The van der Waals surface area contributed by atoms with Gasteiger partial charge in [-0.05, 0) is 25.8 Å². The number of carbonyl (C=O) groups is 2. The number of alkyl halides is 1. The van der Waals surface area contributed by atoms with Gasteiger partial charge in [-0.1, -0.05) is 0 Å². The van der Waals surface area contributed by atoms with Crippen molar-refractivity contribution in [1.82, 2.24) is 5.32 Å². The topological polar surface area (TPSA) is 72.2 Å². The van der Waals surface area contributed by atoms with Crippen molar-refractivity contribution in [3.63, 3.8) is 0 Å². The van der Waals surface area contributed by atoms with Crippen LogP contribution in [0.15, 0.2) is 0 Å². The minimum absolute atomic E-state index is 0.315. The van der Waals surface area contributed by atoms with E-state index < -0.39 is 18.5 Å². The Morgan fingerprint density at radius 3 is 2.50 bits per heavy atom. The fourth-order valence-corrected chi connectivity index (χ4v) is 1.14. The van der Waals surface area contributed by atoms with Gasteiger partial charge in [0.1, 0.15) is 6.67 Å². The third-order valence-corrected chi connectivity index (χ3v) is 1.84. The lowest BCUT2D eigenvalue weighted by molar-refractivity contribution is -0.127. The van der Waals surface area contributed by atoms with Gasteiger partial charge in [0.05, 0.1) is 6.04 Å². The van der Waals surface area contributed by atoms with Crippen molar-refractivity contribution in [2.24, 2.45) is 5.73 Å². The molecule has 0 fully saturated rings. The van der Waals surface area contributed by atoms with Crippen LogP contribution in [0.25, 0.3) is 0 Å². The molecule has 0 rings (SSSR count). The zero-order chi connectivity index (χ0) is 11.0. The number of carbonyl (C=O) groups excluding carboxylic acids is 2. The Balaban J connectivity index is 3.97. The van der Waals surface area contributed by atoms with Gasteiger partial charge >= 0.3 is 0 Å². The molecule has 0 heterocycles. The van der Waals surface area contributed by atoms with Crippen molar-refractivity contribution in [1.29, 1.82) is 0 Å². The average molecular weight is 204 g/mol. The first-order valence-corrected chi connectivity index (χ1v) is 4.67. The smallest absolute Gasteiger partial charge is 0.217 e. The summed E-state index contributed by atoms with van der Waals surface area (Å²) in [6, 6.07) is -0.691. The molecule has 1 amide bonds. The molecule has 0 aliphatic heterocycles. The molecule has 82 valence electrons. The second kappa shape index (κ2) is 7.44. The molecule has 0 spiro atoms. The number of nitrogens with one attached hydrogen (secondary N) is 1. The molecule has 0 saturated heterocycles. The number of ketones is 1. The van der Waals surface area contributed by atoms with E-state index in [9.17, 15) is 14.0 Å². The van der Waals surface area contributed by atoms with E-state index in [4.69, 9.17) is 5.73 Å². The normalized spacial score (nSPS) is 12.2. The highest BCUT2D eigenvalue weighted by atomic mass is 19.1. The SMILES string of the molecule is CC(=O)N[C@@H](CCCCN)C(=O)CF. The summed E-state index contributed by atoms with van der Waals surface area (Å²) in [6.45, 7) is 0.811. The monoisotopic (exact) mass is 204 g/mol. The molecule has 0 aromatic heterocycles. The standard InChI is InChI=1S/C9H17FN2O2/c1-7(13)12-8(9(14)6-10)4-2-3-5-11/h8H,2-6,11H2,1H3,(H,12,13)/t8-/m0/s1. The average Bonchev–Trinajstić information content (AvgIpc) is 2.15. The molecule has 0 aliphatic carbocycles. The predicted molar refractivity (Wildman–Crippen MR) is 51.5 cm³/mol. The van der Waals surface area contributed by atoms with Crippen LogP contribution in [0.3, 0.4) is 0 Å². The molecule has 3 N–H and O–H groups in total. The molecule has 0 saturated carbocycles. The van der Waals surface area contributed by atoms with Gasteiger partial charge in [0, 0.05) is 6.92 Å². The Kier molecular flexibility index (Phi) is 6.92. The Bertz CT molecular complexity index is 197. The molecule has 0 radical (unpaired) electrons. The van der Waals surface area contributed by atoms with Crippen LogP contribution in [0.5, 0.6) is 0 Å².